The van der Waals surface area contributed by atoms with E-state index in [0.717, 1.165) is 10.9 Å². The molecular weight excluding hydrogens is 244 g/mol. The predicted molar refractivity (Wildman–Crippen MR) is 72.1 cm³/mol. The molecule has 0 atom stereocenters. The van der Waals surface area contributed by atoms with Gasteiger partial charge in [0.15, 0.2) is 0 Å². The molecule has 0 spiro atoms. The van der Waals surface area contributed by atoms with Gasteiger partial charge in [0.25, 0.3) is 11.7 Å². The number of methoxy groups -OCH3 is 1. The van der Waals surface area contributed by atoms with Crippen LogP contribution in [0.5, 0.6) is 0 Å². The number of Topliss-reactive ketones (excluding diaryl/α,β-unsaturated/α-hetero) is 1. The van der Waals surface area contributed by atoms with Crippen LogP contribution < -0.4 is 5.32 Å². The van der Waals surface area contributed by atoms with E-state index in [1.54, 1.807) is 13.3 Å². The van der Waals surface area contributed by atoms with Crippen molar-refractivity contribution >= 4 is 22.6 Å². The topological polar surface area (TPSA) is 71.2 Å². The van der Waals surface area contributed by atoms with E-state index in [-0.39, 0.29) is 0 Å². The van der Waals surface area contributed by atoms with Crippen LogP contribution in [0.3, 0.4) is 0 Å². The van der Waals surface area contributed by atoms with E-state index in [4.69, 9.17) is 4.74 Å². The van der Waals surface area contributed by atoms with Crippen LogP contribution in [0.25, 0.3) is 10.9 Å². The van der Waals surface area contributed by atoms with Crippen molar-refractivity contribution in [2.75, 3.05) is 20.3 Å². The summed E-state index contributed by atoms with van der Waals surface area (Å²) in [6.45, 7) is 0.988. The van der Waals surface area contributed by atoms with Gasteiger partial charge in [0.2, 0.25) is 0 Å². The molecule has 0 aliphatic carbocycles. The molecular formula is C14H16N2O3. The zero-order chi connectivity index (χ0) is 13.7. The van der Waals surface area contributed by atoms with Gasteiger partial charge in [-0.3, -0.25) is 9.59 Å². The number of aromatic amines is 1. The number of ketones is 1. The van der Waals surface area contributed by atoms with Crippen LogP contribution in [0.2, 0.25) is 0 Å². The second-order valence-electron chi connectivity index (χ2n) is 4.18. The Kier molecular flexibility index (Phi) is 4.30. The third kappa shape index (κ3) is 3.00. The first kappa shape index (κ1) is 13.3. The maximum absolute atomic E-state index is 12.0. The number of para-hydroxylation sites is 1. The molecule has 0 unspecified atom stereocenters. The van der Waals surface area contributed by atoms with Gasteiger partial charge in [0.05, 0.1) is 5.56 Å². The number of rotatable bonds is 6. The second kappa shape index (κ2) is 6.15. The lowest BCUT2D eigenvalue weighted by atomic mass is 10.1. The Balaban J connectivity index is 2.05. The summed E-state index contributed by atoms with van der Waals surface area (Å²) in [5.74, 6) is -1.10. The molecule has 0 fully saturated rings. The minimum absolute atomic E-state index is 0.403. The minimum atomic E-state index is -0.583. The first-order valence-electron chi connectivity index (χ1n) is 6.11. The van der Waals surface area contributed by atoms with Gasteiger partial charge in [0, 0.05) is 37.4 Å². The summed E-state index contributed by atoms with van der Waals surface area (Å²) in [5.41, 5.74) is 1.25. The van der Waals surface area contributed by atoms with Crippen LogP contribution >= 0.6 is 0 Å². The fourth-order valence-electron chi connectivity index (χ4n) is 1.88. The van der Waals surface area contributed by atoms with E-state index < -0.39 is 11.7 Å². The zero-order valence-electron chi connectivity index (χ0n) is 10.7. The van der Waals surface area contributed by atoms with E-state index >= 15 is 0 Å². The van der Waals surface area contributed by atoms with Gasteiger partial charge < -0.3 is 15.0 Å². The average molecular weight is 260 g/mol. The maximum atomic E-state index is 12.0. The highest BCUT2D eigenvalue weighted by atomic mass is 16.5. The van der Waals surface area contributed by atoms with Gasteiger partial charge in [0.1, 0.15) is 0 Å². The lowest BCUT2D eigenvalue weighted by Gasteiger charge is -2.03. The van der Waals surface area contributed by atoms with E-state index in [1.165, 1.54) is 0 Å². The molecule has 1 heterocycles. The highest BCUT2D eigenvalue weighted by Crippen LogP contribution is 2.17. The number of nitrogens with one attached hydrogen (secondary N) is 2. The van der Waals surface area contributed by atoms with Crippen LogP contribution in [0.4, 0.5) is 0 Å². The molecule has 1 aromatic carbocycles. The Morgan fingerprint density at radius 3 is 2.89 bits per heavy atom. The first-order chi connectivity index (χ1) is 9.24. The lowest BCUT2D eigenvalue weighted by Crippen LogP contribution is -2.32. The molecule has 2 rings (SSSR count). The van der Waals surface area contributed by atoms with Gasteiger partial charge in [-0.05, 0) is 12.5 Å². The van der Waals surface area contributed by atoms with Crippen molar-refractivity contribution in [1.29, 1.82) is 0 Å². The van der Waals surface area contributed by atoms with Crippen LogP contribution in [0.15, 0.2) is 30.5 Å². The third-order valence-corrected chi connectivity index (χ3v) is 2.85. The lowest BCUT2D eigenvalue weighted by molar-refractivity contribution is -0.117. The van der Waals surface area contributed by atoms with Gasteiger partial charge in [-0.15, -0.1) is 0 Å². The molecule has 2 aromatic rings. The molecule has 0 radical (unpaired) electrons. The Labute approximate surface area is 110 Å². The Morgan fingerprint density at radius 1 is 1.32 bits per heavy atom. The fourth-order valence-corrected chi connectivity index (χ4v) is 1.88. The van der Waals surface area contributed by atoms with E-state index in [9.17, 15) is 9.59 Å². The quantitative estimate of drug-likeness (QED) is 0.470. The van der Waals surface area contributed by atoms with Crippen molar-refractivity contribution in [3.63, 3.8) is 0 Å². The number of ether oxygens (including phenoxy) is 1. The molecule has 0 bridgehead atoms. The Hall–Kier alpha value is -2.14. The summed E-state index contributed by atoms with van der Waals surface area (Å²) < 4.78 is 4.87. The number of fused-ring (bicyclic) bond motifs is 1. The molecule has 2 N–H and O–H groups in total. The number of hydrogen-bond donors (Lipinski definition) is 2. The molecule has 1 amide bonds. The smallest absolute Gasteiger partial charge is 0.292 e. The highest BCUT2D eigenvalue weighted by Gasteiger charge is 2.18. The van der Waals surface area contributed by atoms with Gasteiger partial charge in [-0.1, -0.05) is 18.2 Å². The number of aromatic nitrogens is 1. The van der Waals surface area contributed by atoms with Crippen molar-refractivity contribution in [1.82, 2.24) is 10.3 Å². The van der Waals surface area contributed by atoms with E-state index in [1.807, 2.05) is 24.3 Å². The average Bonchev–Trinajstić information content (AvgIpc) is 2.86. The number of amides is 1. The molecule has 1 aromatic heterocycles. The normalized spacial score (nSPS) is 10.6. The Bertz CT molecular complexity index is 589. The number of benzene rings is 1. The molecule has 19 heavy (non-hydrogen) atoms. The largest absolute Gasteiger partial charge is 0.385 e. The van der Waals surface area contributed by atoms with Crippen molar-refractivity contribution in [2.24, 2.45) is 0 Å². The van der Waals surface area contributed by atoms with Gasteiger partial charge in [-0.25, -0.2) is 0 Å². The van der Waals surface area contributed by atoms with E-state index in [2.05, 4.69) is 10.3 Å². The van der Waals surface area contributed by atoms with Gasteiger partial charge >= 0.3 is 0 Å². The predicted octanol–water partition coefficient (Wildman–Crippen LogP) is 1.50. The molecule has 5 nitrogen and oxygen atoms in total. The number of hydrogen-bond acceptors (Lipinski definition) is 3. The zero-order valence-corrected chi connectivity index (χ0v) is 10.7. The number of H-pyrrole nitrogens is 1. The Morgan fingerprint density at radius 2 is 2.11 bits per heavy atom. The molecule has 0 saturated carbocycles. The first-order valence-corrected chi connectivity index (χ1v) is 6.11. The van der Waals surface area contributed by atoms with Gasteiger partial charge in [-0.2, -0.15) is 0 Å². The molecule has 0 aliphatic rings. The van der Waals surface area contributed by atoms with Crippen molar-refractivity contribution < 1.29 is 14.3 Å². The minimum Gasteiger partial charge on any atom is -0.385 e. The van der Waals surface area contributed by atoms with Crippen LogP contribution in [-0.2, 0) is 9.53 Å². The summed E-state index contributed by atoms with van der Waals surface area (Å²) in [4.78, 5) is 26.7. The van der Waals surface area contributed by atoms with Crippen molar-refractivity contribution in [3.8, 4) is 0 Å². The van der Waals surface area contributed by atoms with Crippen LogP contribution in [0, 0.1) is 0 Å². The third-order valence-electron chi connectivity index (χ3n) is 2.85. The summed E-state index contributed by atoms with van der Waals surface area (Å²) in [7, 11) is 1.60. The number of carbonyl (C=O) groups excluding carboxylic acids is 2. The summed E-state index contributed by atoms with van der Waals surface area (Å²) in [6, 6.07) is 7.39. The SMILES string of the molecule is COCCCNC(=O)C(=O)c1c[nH]c2ccccc12. The van der Waals surface area contributed by atoms with Crippen LogP contribution in [0.1, 0.15) is 16.8 Å². The summed E-state index contributed by atoms with van der Waals surface area (Å²) >= 11 is 0. The summed E-state index contributed by atoms with van der Waals surface area (Å²) in [6.07, 6.45) is 2.26. The summed E-state index contributed by atoms with van der Waals surface area (Å²) in [5, 5.41) is 3.35. The standard InChI is InChI=1S/C14H16N2O3/c1-19-8-4-7-15-14(18)13(17)11-9-16-12-6-3-2-5-10(11)12/h2-3,5-6,9,16H,4,7-8H2,1H3,(H,15,18). The molecule has 100 valence electrons. The highest BCUT2D eigenvalue weighted by molar-refractivity contribution is 6.44. The van der Waals surface area contributed by atoms with E-state index in [0.29, 0.717) is 25.1 Å². The molecule has 0 saturated heterocycles. The van der Waals surface area contributed by atoms with Crippen molar-refractivity contribution in [2.45, 2.75) is 6.42 Å². The number of carbonyl (C=O) groups is 2. The fraction of sp³-hybridized carbons (Fsp3) is 0.286. The van der Waals surface area contributed by atoms with Crippen LogP contribution in [-0.4, -0.2) is 36.9 Å². The maximum Gasteiger partial charge on any atom is 0.292 e. The van der Waals surface area contributed by atoms with Crippen molar-refractivity contribution in [3.05, 3.63) is 36.0 Å². The monoisotopic (exact) mass is 260 g/mol. The molecule has 0 aliphatic heterocycles. The second-order valence-corrected chi connectivity index (χ2v) is 4.18. The molecule has 5 heteroatoms.